The van der Waals surface area contributed by atoms with Gasteiger partial charge in [0.05, 0.1) is 19.8 Å². The fraction of sp³-hybridized carbons (Fsp3) is 0.458. The molecule has 1 fully saturated rings. The second-order valence-electron chi connectivity index (χ2n) is 7.58. The topological polar surface area (TPSA) is 79.2 Å². The molecular weight excluding hydrogens is 382 g/mol. The van der Waals surface area contributed by atoms with E-state index in [0.717, 1.165) is 37.2 Å². The highest BCUT2D eigenvalue weighted by Crippen LogP contribution is 2.21. The Morgan fingerprint density at radius 2 is 1.67 bits per heavy atom. The van der Waals surface area contributed by atoms with Crippen LogP contribution >= 0.6 is 0 Å². The van der Waals surface area contributed by atoms with Gasteiger partial charge in [0.15, 0.2) is 0 Å². The van der Waals surface area contributed by atoms with Crippen LogP contribution in [-0.4, -0.2) is 40.7 Å². The van der Waals surface area contributed by atoms with E-state index in [0.29, 0.717) is 42.9 Å². The highest BCUT2D eigenvalue weighted by molar-refractivity contribution is 5.76. The molecule has 30 heavy (non-hydrogen) atoms. The normalized spacial score (nSPS) is 13.9. The van der Waals surface area contributed by atoms with Gasteiger partial charge in [0.25, 0.3) is 0 Å². The van der Waals surface area contributed by atoms with Gasteiger partial charge in [-0.3, -0.25) is 4.79 Å². The number of carbonyl (C=O) groups is 1. The van der Waals surface area contributed by atoms with Crippen LogP contribution in [0, 0.1) is 0 Å². The third kappa shape index (κ3) is 6.47. The molecular formula is C24H31NO5. The zero-order valence-corrected chi connectivity index (χ0v) is 17.4. The Labute approximate surface area is 178 Å². The second-order valence-corrected chi connectivity index (χ2v) is 7.58. The Balaban J connectivity index is 1.43. The molecule has 0 saturated carbocycles. The van der Waals surface area contributed by atoms with E-state index in [1.54, 1.807) is 18.2 Å². The summed E-state index contributed by atoms with van der Waals surface area (Å²) in [5.41, 5.74) is 2.32. The molecule has 2 aromatic rings. The van der Waals surface area contributed by atoms with E-state index in [4.69, 9.17) is 9.47 Å². The molecule has 3 rings (SSSR count). The first-order valence-corrected chi connectivity index (χ1v) is 10.7. The average molecular weight is 414 g/mol. The van der Waals surface area contributed by atoms with Crippen molar-refractivity contribution in [3.8, 4) is 11.5 Å². The van der Waals surface area contributed by atoms with E-state index in [1.165, 1.54) is 6.42 Å². The molecule has 2 aromatic carbocycles. The number of nitrogens with zero attached hydrogens (tertiary/aromatic N) is 1. The molecule has 1 aliphatic rings. The minimum absolute atomic E-state index is 0.112. The van der Waals surface area contributed by atoms with Crippen LogP contribution < -0.4 is 9.47 Å². The lowest BCUT2D eigenvalue weighted by Crippen LogP contribution is -2.35. The van der Waals surface area contributed by atoms with Crippen molar-refractivity contribution in [1.29, 1.82) is 0 Å². The number of benzene rings is 2. The van der Waals surface area contributed by atoms with Crippen molar-refractivity contribution in [1.82, 2.24) is 4.90 Å². The fourth-order valence-electron chi connectivity index (χ4n) is 3.60. The summed E-state index contributed by atoms with van der Waals surface area (Å²) in [6, 6.07) is 13.0. The molecule has 0 aliphatic carbocycles. The van der Waals surface area contributed by atoms with Crippen molar-refractivity contribution in [2.45, 2.75) is 51.9 Å². The van der Waals surface area contributed by atoms with Gasteiger partial charge in [-0.15, -0.1) is 0 Å². The number of carbonyl (C=O) groups excluding carboxylic acids is 1. The minimum Gasteiger partial charge on any atom is -0.494 e. The highest BCUT2D eigenvalue weighted by atomic mass is 16.5. The molecule has 0 radical (unpaired) electrons. The van der Waals surface area contributed by atoms with Gasteiger partial charge in [-0.25, -0.2) is 0 Å². The van der Waals surface area contributed by atoms with Gasteiger partial charge in [-0.2, -0.15) is 0 Å². The molecule has 0 aromatic heterocycles. The smallest absolute Gasteiger partial charge is 0.222 e. The molecule has 2 N–H and O–H groups in total. The quantitative estimate of drug-likeness (QED) is 0.584. The van der Waals surface area contributed by atoms with Crippen LogP contribution in [0.25, 0.3) is 0 Å². The number of amides is 1. The minimum atomic E-state index is -0.142. The summed E-state index contributed by atoms with van der Waals surface area (Å²) in [6.45, 7) is 2.41. The molecule has 6 heteroatoms. The number of likely N-dealkylation sites (tertiary alicyclic amines) is 1. The molecule has 1 amide bonds. The maximum atomic E-state index is 12.2. The maximum absolute atomic E-state index is 12.2. The van der Waals surface area contributed by atoms with Crippen molar-refractivity contribution in [2.24, 2.45) is 0 Å². The molecule has 0 spiro atoms. The first-order valence-electron chi connectivity index (χ1n) is 10.7. The summed E-state index contributed by atoms with van der Waals surface area (Å²) in [5, 5.41) is 18.7. The largest absolute Gasteiger partial charge is 0.494 e. The van der Waals surface area contributed by atoms with Gasteiger partial charge in [0, 0.05) is 19.5 Å². The zero-order chi connectivity index (χ0) is 21.2. The van der Waals surface area contributed by atoms with Crippen molar-refractivity contribution in [3.05, 3.63) is 59.2 Å². The summed E-state index contributed by atoms with van der Waals surface area (Å²) in [4.78, 5) is 14.2. The number of aliphatic hydroxyl groups is 2. The Kier molecular flexibility index (Phi) is 8.53. The third-order valence-corrected chi connectivity index (χ3v) is 5.33. The third-order valence-electron chi connectivity index (χ3n) is 5.33. The fourth-order valence-corrected chi connectivity index (χ4v) is 3.60. The zero-order valence-electron chi connectivity index (χ0n) is 17.4. The molecule has 1 heterocycles. The van der Waals surface area contributed by atoms with Crippen LogP contribution in [0.15, 0.2) is 42.5 Å². The van der Waals surface area contributed by atoms with Gasteiger partial charge in [0.2, 0.25) is 5.91 Å². The number of aliphatic hydroxyl groups excluding tert-OH is 2. The predicted molar refractivity (Wildman–Crippen MR) is 114 cm³/mol. The molecule has 1 aliphatic heterocycles. The Bertz CT molecular complexity index is 817. The summed E-state index contributed by atoms with van der Waals surface area (Å²) < 4.78 is 11.6. The SMILES string of the molecule is O=C(CCCOc1cccc(COc2ccc(CO)c(CO)c2)c1)N1CCCCC1. The molecule has 162 valence electrons. The van der Waals surface area contributed by atoms with Crippen LogP contribution in [-0.2, 0) is 24.6 Å². The van der Waals surface area contributed by atoms with Gasteiger partial charge in [-0.05, 0) is 66.6 Å². The molecule has 1 saturated heterocycles. The number of hydrogen-bond acceptors (Lipinski definition) is 5. The Morgan fingerprint density at radius 1 is 0.900 bits per heavy atom. The maximum Gasteiger partial charge on any atom is 0.222 e. The van der Waals surface area contributed by atoms with Gasteiger partial charge >= 0.3 is 0 Å². The first-order chi connectivity index (χ1) is 14.7. The Morgan fingerprint density at radius 3 is 2.43 bits per heavy atom. The monoisotopic (exact) mass is 413 g/mol. The number of rotatable bonds is 10. The predicted octanol–water partition coefficient (Wildman–Crippen LogP) is 3.42. The van der Waals surface area contributed by atoms with Crippen LogP contribution in [0.2, 0.25) is 0 Å². The summed E-state index contributed by atoms with van der Waals surface area (Å²) in [5.74, 6) is 1.63. The van der Waals surface area contributed by atoms with E-state index < -0.39 is 0 Å². The van der Waals surface area contributed by atoms with Gasteiger partial charge < -0.3 is 24.6 Å². The standard InChI is InChI=1S/C24H31NO5/c26-16-20-9-10-23(15-21(20)17-27)30-18-19-6-4-7-22(14-19)29-13-5-8-24(28)25-11-2-1-3-12-25/h4,6-7,9-10,14-15,26-27H,1-3,5,8,11-13,16-18H2. The Hall–Kier alpha value is -2.57. The molecule has 0 atom stereocenters. The first kappa shape index (κ1) is 22.1. The molecule has 0 bridgehead atoms. The van der Waals surface area contributed by atoms with E-state index >= 15 is 0 Å². The molecule has 6 nitrogen and oxygen atoms in total. The van der Waals surface area contributed by atoms with Crippen molar-refractivity contribution in [3.63, 3.8) is 0 Å². The van der Waals surface area contributed by atoms with Crippen LogP contribution in [0.1, 0.15) is 48.8 Å². The number of ether oxygens (including phenoxy) is 2. The van der Waals surface area contributed by atoms with Crippen molar-refractivity contribution in [2.75, 3.05) is 19.7 Å². The van der Waals surface area contributed by atoms with E-state index in [2.05, 4.69) is 0 Å². The van der Waals surface area contributed by atoms with Gasteiger partial charge in [0.1, 0.15) is 18.1 Å². The lowest BCUT2D eigenvalue weighted by Gasteiger charge is -2.26. The summed E-state index contributed by atoms with van der Waals surface area (Å²) >= 11 is 0. The summed E-state index contributed by atoms with van der Waals surface area (Å²) in [6.07, 6.45) is 4.69. The van der Waals surface area contributed by atoms with E-state index in [9.17, 15) is 15.0 Å². The average Bonchev–Trinajstić information content (AvgIpc) is 2.81. The second kappa shape index (κ2) is 11.6. The van der Waals surface area contributed by atoms with Crippen molar-refractivity contribution < 1.29 is 24.5 Å². The van der Waals surface area contributed by atoms with Gasteiger partial charge in [-0.1, -0.05) is 18.2 Å². The summed E-state index contributed by atoms with van der Waals surface area (Å²) in [7, 11) is 0. The van der Waals surface area contributed by atoms with Crippen LogP contribution in [0.5, 0.6) is 11.5 Å². The van der Waals surface area contributed by atoms with Crippen molar-refractivity contribution >= 4 is 5.91 Å². The van der Waals surface area contributed by atoms with E-state index in [1.807, 2.05) is 29.2 Å². The highest BCUT2D eigenvalue weighted by Gasteiger charge is 2.15. The lowest BCUT2D eigenvalue weighted by atomic mass is 10.1. The van der Waals surface area contributed by atoms with E-state index in [-0.39, 0.29) is 19.1 Å². The van der Waals surface area contributed by atoms with Crippen LogP contribution in [0.3, 0.4) is 0 Å². The number of piperidine rings is 1. The van der Waals surface area contributed by atoms with Crippen LogP contribution in [0.4, 0.5) is 0 Å². The lowest BCUT2D eigenvalue weighted by molar-refractivity contribution is -0.132. The molecule has 0 unspecified atom stereocenters. The number of hydrogen-bond donors (Lipinski definition) is 2.